The molecule has 26 heavy (non-hydrogen) atoms. The van der Waals surface area contributed by atoms with Crippen molar-refractivity contribution in [2.45, 2.75) is 39.2 Å². The topological polar surface area (TPSA) is 17.6 Å². The minimum Gasteiger partial charge on any atom is -0.466 e. The van der Waals surface area contributed by atoms with Crippen LogP contribution in [-0.2, 0) is 13.0 Å². The van der Waals surface area contributed by atoms with Gasteiger partial charge in [-0.3, -0.25) is 0 Å². The van der Waals surface area contributed by atoms with Crippen molar-refractivity contribution < 1.29 is 9.32 Å². The van der Waals surface area contributed by atoms with E-state index >= 15 is 0 Å². The molecule has 0 aliphatic heterocycles. The van der Waals surface area contributed by atoms with Crippen molar-refractivity contribution >= 4 is 0 Å². The first-order valence-electron chi connectivity index (χ1n) is 9.68. The van der Waals surface area contributed by atoms with Crippen molar-refractivity contribution in [1.29, 1.82) is 0 Å². The summed E-state index contributed by atoms with van der Waals surface area (Å²) >= 11 is 0. The van der Waals surface area contributed by atoms with Gasteiger partial charge in [-0.25, -0.2) is 0 Å². The number of rotatable bonds is 9. The largest absolute Gasteiger partial charge is 0.466 e. The van der Waals surface area contributed by atoms with Gasteiger partial charge < -0.3 is 9.32 Å². The van der Waals surface area contributed by atoms with Crippen LogP contribution in [0.3, 0.4) is 0 Å². The first kappa shape index (κ1) is 18.5. The molecular weight excluding hydrogens is 318 g/mol. The van der Waals surface area contributed by atoms with Gasteiger partial charge >= 0.3 is 0 Å². The van der Waals surface area contributed by atoms with Gasteiger partial charge in [-0.05, 0) is 24.6 Å². The highest BCUT2D eigenvalue weighted by Crippen LogP contribution is 2.20. The van der Waals surface area contributed by atoms with Gasteiger partial charge in [-0.15, -0.1) is 0 Å². The Morgan fingerprint density at radius 1 is 0.808 bits per heavy atom. The molecule has 2 atom stereocenters. The van der Waals surface area contributed by atoms with E-state index < -0.39 is 0 Å². The Bertz CT molecular complexity index is 763. The fraction of sp³-hybridized carbons (Fsp3) is 0.333. The highest BCUT2D eigenvalue weighted by molar-refractivity contribution is 5.15. The van der Waals surface area contributed by atoms with Gasteiger partial charge in [0, 0.05) is 24.3 Å². The summed E-state index contributed by atoms with van der Waals surface area (Å²) in [7, 11) is 0. The van der Waals surface area contributed by atoms with E-state index in [9.17, 15) is 0 Å². The summed E-state index contributed by atoms with van der Waals surface area (Å²) in [4.78, 5) is 1.63. The Hall–Kier alpha value is -2.32. The van der Waals surface area contributed by atoms with Crippen LogP contribution in [0.15, 0.2) is 77.2 Å². The molecule has 0 radical (unpaired) electrons. The number of benzene rings is 2. The zero-order chi connectivity index (χ0) is 18.2. The van der Waals surface area contributed by atoms with Crippen LogP contribution in [0, 0.1) is 6.92 Å². The Morgan fingerprint density at radius 2 is 1.46 bits per heavy atom. The number of nitrogens with one attached hydrogen (secondary N) is 1. The quantitative estimate of drug-likeness (QED) is 0.606. The molecule has 2 nitrogen and oxygen atoms in total. The maximum absolute atomic E-state index is 5.82. The Labute approximate surface area is 157 Å². The summed E-state index contributed by atoms with van der Waals surface area (Å²) < 4.78 is 5.82. The summed E-state index contributed by atoms with van der Waals surface area (Å²) in [5.41, 5.74) is 2.84. The Morgan fingerprint density at radius 3 is 2.08 bits per heavy atom. The second-order valence-electron chi connectivity index (χ2n) is 7.29. The van der Waals surface area contributed by atoms with Gasteiger partial charge in [0.25, 0.3) is 0 Å². The van der Waals surface area contributed by atoms with Crippen molar-refractivity contribution in [1.82, 2.24) is 0 Å². The van der Waals surface area contributed by atoms with Gasteiger partial charge in [-0.2, -0.15) is 0 Å². The van der Waals surface area contributed by atoms with E-state index in [-0.39, 0.29) is 0 Å². The van der Waals surface area contributed by atoms with E-state index in [1.807, 2.05) is 6.92 Å². The fourth-order valence-corrected chi connectivity index (χ4v) is 3.43. The zero-order valence-electron chi connectivity index (χ0n) is 15.9. The van der Waals surface area contributed by atoms with Crippen molar-refractivity contribution in [3.8, 4) is 0 Å². The van der Waals surface area contributed by atoms with Crippen molar-refractivity contribution in [2.75, 3.05) is 13.1 Å². The van der Waals surface area contributed by atoms with E-state index in [0.717, 1.165) is 44.0 Å². The minimum absolute atomic E-state index is 0.464. The number of furan rings is 1. The van der Waals surface area contributed by atoms with Crippen LogP contribution in [0.2, 0.25) is 0 Å². The van der Waals surface area contributed by atoms with Crippen LogP contribution in [0.25, 0.3) is 0 Å². The lowest BCUT2D eigenvalue weighted by atomic mass is 10.0. The molecule has 3 aromatic rings. The van der Waals surface area contributed by atoms with Crippen LogP contribution >= 0.6 is 0 Å². The van der Waals surface area contributed by atoms with Gasteiger partial charge in [-0.1, -0.05) is 67.6 Å². The summed E-state index contributed by atoms with van der Waals surface area (Å²) in [5.74, 6) is 2.58. The highest BCUT2D eigenvalue weighted by atomic mass is 16.3. The van der Waals surface area contributed by atoms with E-state index in [2.05, 4.69) is 79.7 Å². The van der Waals surface area contributed by atoms with Gasteiger partial charge in [0.2, 0.25) is 0 Å². The smallest absolute Gasteiger partial charge is 0.107 e. The molecule has 1 aromatic heterocycles. The van der Waals surface area contributed by atoms with Crippen molar-refractivity contribution in [2.24, 2.45) is 0 Å². The monoisotopic (exact) mass is 348 g/mol. The molecule has 136 valence electrons. The lowest BCUT2D eigenvalue weighted by Crippen LogP contribution is -3.11. The molecule has 0 fully saturated rings. The van der Waals surface area contributed by atoms with E-state index in [0.29, 0.717) is 5.92 Å². The highest BCUT2D eigenvalue weighted by Gasteiger charge is 2.15. The molecule has 0 saturated carbocycles. The number of hydrogen-bond acceptors (Lipinski definition) is 1. The summed E-state index contributed by atoms with van der Waals surface area (Å²) in [6.07, 6.45) is 2.27. The second kappa shape index (κ2) is 9.40. The molecule has 2 heteroatoms. The number of hydrogen-bond donors (Lipinski definition) is 1. The Balaban J connectivity index is 1.60. The molecule has 0 amide bonds. The fourth-order valence-electron chi connectivity index (χ4n) is 3.43. The Kier molecular flexibility index (Phi) is 6.68. The normalized spacial score (nSPS) is 13.5. The lowest BCUT2D eigenvalue weighted by Gasteiger charge is -2.21. The van der Waals surface area contributed by atoms with Crippen LogP contribution in [0.1, 0.15) is 41.9 Å². The standard InChI is InChI=1S/C24H29NO/c1-20(24-14-13-21(2)26-24)15-17-25(19-23-11-7-4-8-12-23)18-16-22-9-5-3-6-10-22/h3-14,20H,15-19H2,1-2H3/p+1/t20-/m1/s1. The van der Waals surface area contributed by atoms with Gasteiger partial charge in [0.05, 0.1) is 13.1 Å². The van der Waals surface area contributed by atoms with E-state index in [4.69, 9.17) is 4.42 Å². The van der Waals surface area contributed by atoms with Crippen LogP contribution in [0.4, 0.5) is 0 Å². The van der Waals surface area contributed by atoms with Crippen molar-refractivity contribution in [3.05, 3.63) is 95.4 Å². The predicted octanol–water partition coefficient (Wildman–Crippen LogP) is 4.41. The van der Waals surface area contributed by atoms with Crippen LogP contribution in [0.5, 0.6) is 0 Å². The predicted molar refractivity (Wildman–Crippen MR) is 107 cm³/mol. The van der Waals surface area contributed by atoms with Crippen LogP contribution < -0.4 is 4.90 Å². The lowest BCUT2D eigenvalue weighted by molar-refractivity contribution is -0.914. The second-order valence-corrected chi connectivity index (χ2v) is 7.29. The van der Waals surface area contributed by atoms with E-state index in [1.54, 1.807) is 4.90 Å². The maximum atomic E-state index is 5.82. The van der Waals surface area contributed by atoms with Crippen LogP contribution in [-0.4, -0.2) is 13.1 Å². The molecule has 0 bridgehead atoms. The zero-order valence-corrected chi connectivity index (χ0v) is 15.9. The summed E-state index contributed by atoms with van der Waals surface area (Å²) in [6, 6.07) is 25.8. The maximum Gasteiger partial charge on any atom is 0.107 e. The van der Waals surface area contributed by atoms with E-state index in [1.165, 1.54) is 11.1 Å². The third-order valence-corrected chi connectivity index (χ3v) is 5.08. The molecule has 0 saturated heterocycles. The number of quaternary nitrogens is 1. The van der Waals surface area contributed by atoms with Gasteiger partial charge in [0.1, 0.15) is 18.1 Å². The minimum atomic E-state index is 0.464. The molecule has 0 spiro atoms. The molecule has 1 N–H and O–H groups in total. The third kappa shape index (κ3) is 5.60. The molecule has 1 unspecified atom stereocenters. The summed E-state index contributed by atoms with van der Waals surface area (Å²) in [6.45, 7) is 7.68. The number of aryl methyl sites for hydroxylation is 1. The average molecular weight is 349 g/mol. The van der Waals surface area contributed by atoms with Crippen molar-refractivity contribution in [3.63, 3.8) is 0 Å². The molecule has 1 heterocycles. The molecule has 0 aliphatic rings. The SMILES string of the molecule is Cc1ccc([C@H](C)CC[NH+](CCc2ccccc2)Cc2ccccc2)o1. The third-order valence-electron chi connectivity index (χ3n) is 5.08. The molecule has 3 rings (SSSR count). The first-order chi connectivity index (χ1) is 12.7. The molecule has 2 aromatic carbocycles. The molecular formula is C24H30NO+. The average Bonchev–Trinajstić information content (AvgIpc) is 3.12. The summed E-state index contributed by atoms with van der Waals surface area (Å²) in [5, 5.41) is 0. The van der Waals surface area contributed by atoms with Gasteiger partial charge in [0.15, 0.2) is 0 Å². The molecule has 0 aliphatic carbocycles. The first-order valence-corrected chi connectivity index (χ1v) is 9.68.